The van der Waals surface area contributed by atoms with E-state index in [0.29, 0.717) is 0 Å². The second-order valence-corrected chi connectivity index (χ2v) is 1.65. The van der Waals surface area contributed by atoms with Crippen molar-refractivity contribution in [3.05, 3.63) is 0 Å². The van der Waals surface area contributed by atoms with E-state index >= 15 is 0 Å². The summed E-state index contributed by atoms with van der Waals surface area (Å²) < 4.78 is -0.363. The van der Waals surface area contributed by atoms with E-state index in [1.807, 2.05) is 0 Å². The summed E-state index contributed by atoms with van der Waals surface area (Å²) in [6.45, 7) is 0. The van der Waals surface area contributed by atoms with Gasteiger partial charge in [-0.1, -0.05) is 0 Å². The smallest absolute Gasteiger partial charge is 0.450 e. The molecule has 0 spiro atoms. The molecule has 0 radical (unpaired) electrons. The van der Waals surface area contributed by atoms with E-state index in [0.717, 1.165) is 0 Å². The van der Waals surface area contributed by atoms with Crippen LogP contribution in [0.1, 0.15) is 0 Å². The fourth-order valence-corrected chi connectivity index (χ4v) is 0. The van der Waals surface area contributed by atoms with Gasteiger partial charge in [-0.25, -0.2) is 4.79 Å². The fraction of sp³-hybridized carbons (Fsp3) is 0. The Morgan fingerprint density at radius 3 is 1.38 bits per heavy atom. The molecular weight excluding hydrogens is 229 g/mol. The summed E-state index contributed by atoms with van der Waals surface area (Å²) in [4.78, 5) is 17.8. The van der Waals surface area contributed by atoms with Crippen molar-refractivity contribution in [3.8, 4) is 0 Å². The van der Waals surface area contributed by atoms with Crippen LogP contribution in [0.15, 0.2) is 0 Å². The van der Waals surface area contributed by atoms with E-state index in [-0.39, 0.29) is 3.91 Å². The Bertz CT molecular complexity index is 72.0. The van der Waals surface area contributed by atoms with Crippen LogP contribution in [0.2, 0.25) is 0 Å². The molecule has 0 atom stereocenters. The lowest BCUT2D eigenvalue weighted by atomic mass is 11.5. The monoisotopic (exact) mass is 233 g/mol. The highest BCUT2D eigenvalue weighted by molar-refractivity contribution is 14.1. The molecular formula is C2H4INO4. The number of carbonyl (C=O) groups is 2. The van der Waals surface area contributed by atoms with E-state index in [2.05, 4.69) is 5.73 Å². The zero-order valence-corrected chi connectivity index (χ0v) is 5.82. The summed E-state index contributed by atoms with van der Waals surface area (Å²) in [5.74, 6) is 0. The quantitative estimate of drug-likeness (QED) is 0.326. The topological polar surface area (TPSA) is 101 Å². The van der Waals surface area contributed by atoms with Crippen LogP contribution < -0.4 is 5.73 Å². The van der Waals surface area contributed by atoms with Crippen molar-refractivity contribution in [3.63, 3.8) is 0 Å². The summed E-state index contributed by atoms with van der Waals surface area (Å²) >= 11 is 1.48. The molecule has 0 aliphatic rings. The number of carbonyl (C=O) groups excluding carboxylic acids is 1. The van der Waals surface area contributed by atoms with Gasteiger partial charge < -0.3 is 15.9 Å². The van der Waals surface area contributed by atoms with Crippen molar-refractivity contribution in [1.82, 2.24) is 0 Å². The van der Waals surface area contributed by atoms with Crippen LogP contribution in [0.5, 0.6) is 0 Å². The molecule has 0 aliphatic carbocycles. The maximum absolute atomic E-state index is 9.21. The predicted octanol–water partition coefficient (Wildman–Crippen LogP) is 0.723. The minimum absolute atomic E-state index is 0.363. The van der Waals surface area contributed by atoms with Gasteiger partial charge in [0.1, 0.15) is 0 Å². The van der Waals surface area contributed by atoms with E-state index in [1.54, 1.807) is 0 Å². The van der Waals surface area contributed by atoms with Crippen LogP contribution in [0.3, 0.4) is 0 Å². The molecule has 0 unspecified atom stereocenters. The number of carboxylic acid groups (broad SMARTS) is 2. The van der Waals surface area contributed by atoms with Crippen LogP contribution >= 0.6 is 22.6 Å². The van der Waals surface area contributed by atoms with Gasteiger partial charge in [0.25, 0.3) is 3.91 Å². The zero-order chi connectivity index (χ0) is 7.15. The molecule has 48 valence electrons. The van der Waals surface area contributed by atoms with Gasteiger partial charge >= 0.3 is 6.16 Å². The molecule has 5 nitrogen and oxygen atoms in total. The van der Waals surface area contributed by atoms with E-state index in [1.165, 1.54) is 22.6 Å². The minimum Gasteiger partial charge on any atom is -0.450 e. The Morgan fingerprint density at radius 1 is 1.38 bits per heavy atom. The lowest BCUT2D eigenvalue weighted by molar-refractivity contribution is 0.137. The molecule has 8 heavy (non-hydrogen) atoms. The third-order valence-corrected chi connectivity index (χ3v) is 0. The van der Waals surface area contributed by atoms with Gasteiger partial charge in [0.05, 0.1) is 0 Å². The molecule has 0 bridgehead atoms. The highest BCUT2D eigenvalue weighted by Gasteiger charge is 1.70. The van der Waals surface area contributed by atoms with Crippen molar-refractivity contribution < 1.29 is 19.8 Å². The molecule has 0 saturated heterocycles. The highest BCUT2D eigenvalue weighted by atomic mass is 127. The van der Waals surface area contributed by atoms with Gasteiger partial charge in [-0.05, 0) is 0 Å². The van der Waals surface area contributed by atoms with E-state index in [9.17, 15) is 4.79 Å². The number of halogens is 1. The van der Waals surface area contributed by atoms with Gasteiger partial charge in [0, 0.05) is 22.6 Å². The third-order valence-electron chi connectivity index (χ3n) is 0. The normalized spacial score (nSPS) is 6.12. The molecule has 0 aromatic rings. The first-order valence-corrected chi connectivity index (χ1v) is 2.41. The number of hydrogen-bond donors (Lipinski definition) is 3. The molecule has 0 fully saturated rings. The van der Waals surface area contributed by atoms with Crippen LogP contribution in [-0.4, -0.2) is 20.3 Å². The fourth-order valence-electron chi connectivity index (χ4n) is 0. The maximum Gasteiger partial charge on any atom is 0.503 e. The zero-order valence-electron chi connectivity index (χ0n) is 3.67. The lowest BCUT2D eigenvalue weighted by Gasteiger charge is -1.60. The van der Waals surface area contributed by atoms with E-state index in [4.69, 9.17) is 15.0 Å². The third kappa shape index (κ3) is 389. The first-order valence-electron chi connectivity index (χ1n) is 1.33. The first kappa shape index (κ1) is 10.5. The molecule has 4 N–H and O–H groups in total. The van der Waals surface area contributed by atoms with Crippen molar-refractivity contribution in [1.29, 1.82) is 0 Å². The summed E-state index contributed by atoms with van der Waals surface area (Å²) in [5, 5.41) is 13.9. The van der Waals surface area contributed by atoms with Crippen molar-refractivity contribution in [2.45, 2.75) is 0 Å². The number of primary amides is 1. The van der Waals surface area contributed by atoms with Crippen molar-refractivity contribution >= 4 is 32.7 Å². The standard InChI is InChI=1S/CH2INO.CH2O3/c2*2-1(3)4/h(H2,3,4);(H2,2,3,4). The molecule has 0 aromatic heterocycles. The van der Waals surface area contributed by atoms with Crippen molar-refractivity contribution in [2.24, 2.45) is 5.73 Å². The molecule has 0 rings (SSSR count). The minimum atomic E-state index is -1.83. The average molecular weight is 233 g/mol. The Balaban J connectivity index is 0. The van der Waals surface area contributed by atoms with Gasteiger partial charge in [-0.15, -0.1) is 0 Å². The molecule has 0 saturated carbocycles. The SMILES string of the molecule is NC(=O)I.O=C(O)O. The summed E-state index contributed by atoms with van der Waals surface area (Å²) in [5.41, 5.74) is 4.46. The predicted molar refractivity (Wildman–Crippen MR) is 34.3 cm³/mol. The number of hydrogen-bond acceptors (Lipinski definition) is 2. The molecule has 0 heterocycles. The number of nitrogens with two attached hydrogens (primary N) is 1. The van der Waals surface area contributed by atoms with Crippen molar-refractivity contribution in [2.75, 3.05) is 0 Å². The molecule has 0 aliphatic heterocycles. The van der Waals surface area contributed by atoms with Crippen LogP contribution in [0, 0.1) is 0 Å². The first-order chi connectivity index (χ1) is 3.46. The second kappa shape index (κ2) is 6.47. The molecule has 0 aromatic carbocycles. The molecule has 6 heteroatoms. The van der Waals surface area contributed by atoms with E-state index < -0.39 is 6.16 Å². The highest BCUT2D eigenvalue weighted by Crippen LogP contribution is 1.71. The lowest BCUT2D eigenvalue weighted by Crippen LogP contribution is -1.93. The second-order valence-electron chi connectivity index (χ2n) is 0.587. The maximum atomic E-state index is 9.21. The Kier molecular flexibility index (Phi) is 8.45. The number of rotatable bonds is 0. The summed E-state index contributed by atoms with van der Waals surface area (Å²) in [6, 6.07) is 0. The summed E-state index contributed by atoms with van der Waals surface area (Å²) in [6.07, 6.45) is -1.83. The Hall–Kier alpha value is -0.530. The Morgan fingerprint density at radius 2 is 1.38 bits per heavy atom. The largest absolute Gasteiger partial charge is 0.503 e. The summed E-state index contributed by atoms with van der Waals surface area (Å²) in [7, 11) is 0. The van der Waals surface area contributed by atoms with Gasteiger partial charge in [-0.2, -0.15) is 0 Å². The Labute approximate surface area is 58.6 Å². The van der Waals surface area contributed by atoms with Gasteiger partial charge in [0.2, 0.25) is 0 Å². The van der Waals surface area contributed by atoms with Gasteiger partial charge in [-0.3, -0.25) is 4.79 Å². The average Bonchev–Trinajstić information content (AvgIpc) is 1.25. The number of amides is 1. The van der Waals surface area contributed by atoms with Crippen LogP contribution in [0.4, 0.5) is 9.59 Å². The molecule has 1 amide bonds. The van der Waals surface area contributed by atoms with Crippen LogP contribution in [-0.2, 0) is 0 Å². The van der Waals surface area contributed by atoms with Crippen LogP contribution in [0.25, 0.3) is 0 Å². The van der Waals surface area contributed by atoms with Gasteiger partial charge in [0.15, 0.2) is 0 Å².